The van der Waals surface area contributed by atoms with Crippen molar-refractivity contribution in [2.24, 2.45) is 0 Å². The fraction of sp³-hybridized carbons (Fsp3) is 0.0556. The number of rotatable bonds is 3. The summed E-state index contributed by atoms with van der Waals surface area (Å²) in [6.45, 7) is 0.418. The van der Waals surface area contributed by atoms with E-state index in [0.29, 0.717) is 17.4 Å². The van der Waals surface area contributed by atoms with Crippen molar-refractivity contribution in [3.05, 3.63) is 80.8 Å². The Balaban J connectivity index is 1.67. The number of nitrogens with zero attached hydrogens (tertiary/aromatic N) is 3. The van der Waals surface area contributed by atoms with E-state index in [0.717, 1.165) is 20.7 Å². The first kappa shape index (κ1) is 15.2. The van der Waals surface area contributed by atoms with Crippen LogP contribution >= 0.6 is 27.3 Å². The van der Waals surface area contributed by atoms with Crippen molar-refractivity contribution in [2.75, 3.05) is 0 Å². The average molecular weight is 398 g/mol. The van der Waals surface area contributed by atoms with Crippen molar-refractivity contribution in [3.8, 4) is 10.6 Å². The van der Waals surface area contributed by atoms with Crippen molar-refractivity contribution in [2.45, 2.75) is 6.54 Å². The first-order valence-corrected chi connectivity index (χ1v) is 9.02. The lowest BCUT2D eigenvalue weighted by atomic mass is 10.2. The van der Waals surface area contributed by atoms with Crippen molar-refractivity contribution in [3.63, 3.8) is 0 Å². The summed E-state index contributed by atoms with van der Waals surface area (Å²) in [7, 11) is 0. The van der Waals surface area contributed by atoms with Crippen molar-refractivity contribution in [1.29, 1.82) is 0 Å². The maximum absolute atomic E-state index is 12.5. The zero-order valence-electron chi connectivity index (χ0n) is 12.5. The summed E-state index contributed by atoms with van der Waals surface area (Å²) >= 11 is 5.05. The molecular weight excluding hydrogens is 386 g/mol. The van der Waals surface area contributed by atoms with E-state index < -0.39 is 0 Å². The van der Waals surface area contributed by atoms with Crippen LogP contribution in [0.5, 0.6) is 0 Å². The predicted molar refractivity (Wildman–Crippen MR) is 100 cm³/mol. The zero-order chi connectivity index (χ0) is 16.5. The number of fused-ring (bicyclic) bond motifs is 1. The third-order valence-electron chi connectivity index (χ3n) is 3.69. The summed E-state index contributed by atoms with van der Waals surface area (Å²) in [6.07, 6.45) is 1.59. The van der Waals surface area contributed by atoms with Gasteiger partial charge in [0.1, 0.15) is 5.01 Å². The molecular formula is C18H12BrN3OS. The van der Waals surface area contributed by atoms with Gasteiger partial charge in [0.05, 0.1) is 29.5 Å². The number of benzene rings is 2. The summed E-state index contributed by atoms with van der Waals surface area (Å²) < 4.78 is 2.62. The highest BCUT2D eigenvalue weighted by atomic mass is 79.9. The Morgan fingerprint density at radius 1 is 1.12 bits per heavy atom. The molecule has 24 heavy (non-hydrogen) atoms. The molecule has 0 bridgehead atoms. The van der Waals surface area contributed by atoms with E-state index in [4.69, 9.17) is 0 Å². The predicted octanol–water partition coefficient (Wildman–Crippen LogP) is 4.33. The molecule has 0 aliphatic rings. The molecule has 2 aromatic heterocycles. The van der Waals surface area contributed by atoms with Gasteiger partial charge in [-0.2, -0.15) is 0 Å². The third-order valence-corrected chi connectivity index (χ3v) is 5.12. The Bertz CT molecular complexity index is 1090. The fourth-order valence-electron chi connectivity index (χ4n) is 2.53. The van der Waals surface area contributed by atoms with E-state index in [1.54, 1.807) is 28.3 Å². The summed E-state index contributed by atoms with van der Waals surface area (Å²) in [4.78, 5) is 21.5. The molecule has 0 aliphatic carbocycles. The molecule has 0 atom stereocenters. The van der Waals surface area contributed by atoms with Gasteiger partial charge in [0.2, 0.25) is 0 Å². The number of thiazole rings is 1. The van der Waals surface area contributed by atoms with Gasteiger partial charge < -0.3 is 0 Å². The minimum absolute atomic E-state index is 0.0439. The van der Waals surface area contributed by atoms with Gasteiger partial charge in [-0.1, -0.05) is 40.2 Å². The van der Waals surface area contributed by atoms with E-state index in [-0.39, 0.29) is 5.56 Å². The van der Waals surface area contributed by atoms with Gasteiger partial charge in [-0.3, -0.25) is 9.36 Å². The lowest BCUT2D eigenvalue weighted by Gasteiger charge is -2.04. The first-order chi connectivity index (χ1) is 11.7. The summed E-state index contributed by atoms with van der Waals surface area (Å²) in [5.41, 5.74) is 2.59. The monoisotopic (exact) mass is 397 g/mol. The second-order valence-electron chi connectivity index (χ2n) is 5.35. The molecule has 118 valence electrons. The molecule has 0 radical (unpaired) electrons. The molecule has 2 heterocycles. The van der Waals surface area contributed by atoms with Crippen molar-refractivity contribution in [1.82, 2.24) is 14.5 Å². The molecule has 0 unspecified atom stereocenters. The van der Waals surface area contributed by atoms with E-state index in [2.05, 4.69) is 25.9 Å². The molecule has 0 spiro atoms. The Kier molecular flexibility index (Phi) is 4.00. The third kappa shape index (κ3) is 2.90. The standard InChI is InChI=1S/C18H12BrN3OS/c19-13-5-3-4-12(8-13)17-21-14(10-24-17)9-22-11-20-16-7-2-1-6-15(16)18(22)23/h1-8,10-11H,9H2. The van der Waals surface area contributed by atoms with Gasteiger partial charge >= 0.3 is 0 Å². The van der Waals surface area contributed by atoms with Crippen LogP contribution in [-0.2, 0) is 6.54 Å². The molecule has 0 saturated carbocycles. The quantitative estimate of drug-likeness (QED) is 0.516. The van der Waals surface area contributed by atoms with Crippen LogP contribution in [0.25, 0.3) is 21.5 Å². The highest BCUT2D eigenvalue weighted by Gasteiger charge is 2.08. The highest BCUT2D eigenvalue weighted by Crippen LogP contribution is 2.26. The molecule has 4 rings (SSSR count). The average Bonchev–Trinajstić information content (AvgIpc) is 3.06. The molecule has 0 aliphatic heterocycles. The van der Waals surface area contributed by atoms with Crippen LogP contribution in [0.2, 0.25) is 0 Å². The highest BCUT2D eigenvalue weighted by molar-refractivity contribution is 9.10. The Morgan fingerprint density at radius 2 is 2.00 bits per heavy atom. The number of para-hydroxylation sites is 1. The summed E-state index contributed by atoms with van der Waals surface area (Å²) in [5.74, 6) is 0. The smallest absolute Gasteiger partial charge is 0.261 e. The van der Waals surface area contributed by atoms with Crippen LogP contribution in [-0.4, -0.2) is 14.5 Å². The van der Waals surface area contributed by atoms with Crippen LogP contribution in [0.4, 0.5) is 0 Å². The topological polar surface area (TPSA) is 47.8 Å². The van der Waals surface area contributed by atoms with E-state index in [9.17, 15) is 4.79 Å². The van der Waals surface area contributed by atoms with Gasteiger partial charge in [0, 0.05) is 15.4 Å². The number of aromatic nitrogens is 3. The van der Waals surface area contributed by atoms with Crippen LogP contribution in [0.3, 0.4) is 0 Å². The molecule has 0 fully saturated rings. The van der Waals surface area contributed by atoms with E-state index >= 15 is 0 Å². The van der Waals surface area contributed by atoms with Crippen molar-refractivity contribution < 1.29 is 0 Å². The maximum Gasteiger partial charge on any atom is 0.261 e. The molecule has 4 aromatic rings. The Labute approximate surface area is 150 Å². The molecule has 0 N–H and O–H groups in total. The van der Waals surface area contributed by atoms with Crippen LogP contribution in [0.15, 0.2) is 69.5 Å². The molecule has 6 heteroatoms. The van der Waals surface area contributed by atoms with Crippen LogP contribution < -0.4 is 5.56 Å². The van der Waals surface area contributed by atoms with Crippen LogP contribution in [0, 0.1) is 0 Å². The minimum Gasteiger partial charge on any atom is -0.293 e. The van der Waals surface area contributed by atoms with E-state index in [1.807, 2.05) is 47.8 Å². The van der Waals surface area contributed by atoms with E-state index in [1.165, 1.54) is 0 Å². The Morgan fingerprint density at radius 3 is 2.88 bits per heavy atom. The summed E-state index contributed by atoms with van der Waals surface area (Å²) in [5, 5.41) is 3.55. The number of halogens is 1. The molecule has 0 saturated heterocycles. The lowest BCUT2D eigenvalue weighted by Crippen LogP contribution is -2.21. The SMILES string of the molecule is O=c1c2ccccc2ncn1Cc1csc(-c2cccc(Br)c2)n1. The van der Waals surface area contributed by atoms with Gasteiger partial charge in [0.25, 0.3) is 5.56 Å². The largest absolute Gasteiger partial charge is 0.293 e. The maximum atomic E-state index is 12.5. The lowest BCUT2D eigenvalue weighted by molar-refractivity contribution is 0.734. The fourth-order valence-corrected chi connectivity index (χ4v) is 3.73. The number of hydrogen-bond acceptors (Lipinski definition) is 4. The molecule has 2 aromatic carbocycles. The van der Waals surface area contributed by atoms with Gasteiger partial charge in [-0.25, -0.2) is 9.97 Å². The zero-order valence-corrected chi connectivity index (χ0v) is 14.9. The second kappa shape index (κ2) is 6.30. The van der Waals surface area contributed by atoms with Gasteiger partial charge in [0.15, 0.2) is 0 Å². The van der Waals surface area contributed by atoms with Gasteiger partial charge in [-0.15, -0.1) is 11.3 Å². The molecule has 0 amide bonds. The minimum atomic E-state index is -0.0439. The molecule has 4 nitrogen and oxygen atoms in total. The summed E-state index contributed by atoms with van der Waals surface area (Å²) in [6, 6.07) is 15.4. The van der Waals surface area contributed by atoms with Crippen LogP contribution in [0.1, 0.15) is 5.69 Å². The first-order valence-electron chi connectivity index (χ1n) is 7.35. The Hall–Kier alpha value is -2.31. The normalized spacial score (nSPS) is 11.0. The number of hydrogen-bond donors (Lipinski definition) is 0. The van der Waals surface area contributed by atoms with Crippen molar-refractivity contribution >= 4 is 38.2 Å². The second-order valence-corrected chi connectivity index (χ2v) is 7.12. The van der Waals surface area contributed by atoms with Gasteiger partial charge in [-0.05, 0) is 24.3 Å².